The van der Waals surface area contributed by atoms with Crippen LogP contribution < -0.4 is 17.0 Å². The Morgan fingerprint density at radius 1 is 1.06 bits per heavy atom. The zero-order chi connectivity index (χ0) is 24.1. The van der Waals surface area contributed by atoms with Crippen LogP contribution in [0.3, 0.4) is 0 Å². The Morgan fingerprint density at radius 2 is 1.70 bits per heavy atom. The molecular formula is C24H20N4O5. The smallest absolute Gasteiger partial charge is 0.335 e. The molecule has 0 aliphatic rings. The van der Waals surface area contributed by atoms with Gasteiger partial charge in [-0.05, 0) is 36.3 Å². The quantitative estimate of drug-likeness (QED) is 0.322. The molecule has 0 atom stereocenters. The van der Waals surface area contributed by atoms with Crippen LogP contribution in [-0.2, 0) is 13.1 Å². The van der Waals surface area contributed by atoms with E-state index in [1.54, 1.807) is 37.3 Å². The lowest BCUT2D eigenvalue weighted by Crippen LogP contribution is -2.44. The number of nitrogens with zero attached hydrogens (tertiary/aromatic N) is 3. The number of nitrogens with two attached hydrogens (primary N) is 1. The third kappa shape index (κ3) is 4.65. The molecule has 3 aromatic rings. The Labute approximate surface area is 188 Å². The molecule has 0 bridgehead atoms. The lowest BCUT2D eigenvalue weighted by atomic mass is 10.0. The van der Waals surface area contributed by atoms with Crippen molar-refractivity contribution < 1.29 is 14.7 Å². The first-order valence-corrected chi connectivity index (χ1v) is 9.95. The number of hydrogen-bond donors (Lipinski definition) is 2. The summed E-state index contributed by atoms with van der Waals surface area (Å²) in [5.41, 5.74) is 4.90. The molecule has 9 heteroatoms. The van der Waals surface area contributed by atoms with Gasteiger partial charge in [0.05, 0.1) is 12.1 Å². The van der Waals surface area contributed by atoms with Crippen LogP contribution in [0.25, 0.3) is 6.08 Å². The van der Waals surface area contributed by atoms with Gasteiger partial charge in [-0.25, -0.2) is 9.59 Å². The van der Waals surface area contributed by atoms with Crippen molar-refractivity contribution in [1.82, 2.24) is 9.13 Å². The summed E-state index contributed by atoms with van der Waals surface area (Å²) in [6.45, 7) is 1.63. The van der Waals surface area contributed by atoms with Crippen LogP contribution in [-0.4, -0.2) is 26.0 Å². The number of ketones is 1. The monoisotopic (exact) mass is 444 g/mol. The summed E-state index contributed by atoms with van der Waals surface area (Å²) < 4.78 is 2.02. The molecule has 0 saturated carbocycles. The average Bonchev–Trinajstić information content (AvgIpc) is 2.81. The molecule has 9 nitrogen and oxygen atoms in total. The lowest BCUT2D eigenvalue weighted by Gasteiger charge is -2.15. The molecule has 3 rings (SSSR count). The van der Waals surface area contributed by atoms with Crippen LogP contribution in [0.4, 0.5) is 5.82 Å². The molecule has 3 N–H and O–H groups in total. The largest absolute Gasteiger partial charge is 0.478 e. The van der Waals surface area contributed by atoms with Crippen molar-refractivity contribution in [2.24, 2.45) is 0 Å². The van der Waals surface area contributed by atoms with Gasteiger partial charge in [0.15, 0.2) is 0 Å². The number of Topliss-reactive ketones (excluding diaryl/α,β-unsaturated/α-hetero) is 1. The minimum atomic E-state index is -1.12. The van der Waals surface area contributed by atoms with Crippen molar-refractivity contribution in [3.8, 4) is 6.07 Å². The minimum absolute atomic E-state index is 0.00919. The van der Waals surface area contributed by atoms with Gasteiger partial charge >= 0.3 is 11.7 Å². The molecule has 2 aromatic carbocycles. The van der Waals surface area contributed by atoms with E-state index in [1.807, 2.05) is 6.07 Å². The standard InChI is InChI=1S/C24H20N4O5/c1-2-27-22(30)19(21(26)28(24(27)33)14-16-6-4-3-5-7-16)20(29)18(13-25)12-15-8-10-17(11-9-15)23(31)32/h3-12H,2,14,26H2,1H3,(H,31,32)/b18-12+. The molecule has 0 aliphatic heterocycles. The number of rotatable bonds is 7. The number of anilines is 1. The van der Waals surface area contributed by atoms with Gasteiger partial charge in [-0.1, -0.05) is 42.5 Å². The van der Waals surface area contributed by atoms with Gasteiger partial charge in [-0.2, -0.15) is 5.26 Å². The van der Waals surface area contributed by atoms with E-state index in [0.29, 0.717) is 5.56 Å². The number of carbonyl (C=O) groups is 2. The first-order chi connectivity index (χ1) is 15.8. The highest BCUT2D eigenvalue weighted by molar-refractivity contribution is 6.16. The number of nitriles is 1. The zero-order valence-electron chi connectivity index (χ0n) is 17.7. The van der Waals surface area contributed by atoms with Gasteiger partial charge in [0.1, 0.15) is 23.0 Å². The first kappa shape index (κ1) is 23.0. The minimum Gasteiger partial charge on any atom is -0.478 e. The molecule has 1 heterocycles. The lowest BCUT2D eigenvalue weighted by molar-refractivity contribution is 0.0696. The van der Waals surface area contributed by atoms with Crippen molar-refractivity contribution in [3.05, 3.63) is 103 Å². The van der Waals surface area contributed by atoms with Gasteiger partial charge in [0.25, 0.3) is 5.56 Å². The Hall–Kier alpha value is -4.71. The van der Waals surface area contributed by atoms with Crippen LogP contribution >= 0.6 is 0 Å². The maximum atomic E-state index is 13.2. The van der Waals surface area contributed by atoms with E-state index in [2.05, 4.69) is 0 Å². The molecule has 0 radical (unpaired) electrons. The molecular weight excluding hydrogens is 424 g/mol. The van der Waals surface area contributed by atoms with E-state index in [9.17, 15) is 24.4 Å². The molecule has 0 amide bonds. The van der Waals surface area contributed by atoms with E-state index in [0.717, 1.165) is 14.7 Å². The Bertz CT molecular complexity index is 1410. The summed E-state index contributed by atoms with van der Waals surface area (Å²) in [5.74, 6) is -2.37. The molecule has 0 fully saturated rings. The highest BCUT2D eigenvalue weighted by Gasteiger charge is 2.25. The molecule has 166 valence electrons. The number of aromatic nitrogens is 2. The highest BCUT2D eigenvalue weighted by atomic mass is 16.4. The number of hydrogen-bond acceptors (Lipinski definition) is 6. The molecule has 0 spiro atoms. The Balaban J connectivity index is 2.13. The molecule has 0 saturated heterocycles. The van der Waals surface area contributed by atoms with Crippen molar-refractivity contribution in [2.45, 2.75) is 20.0 Å². The normalized spacial score (nSPS) is 11.1. The van der Waals surface area contributed by atoms with Gasteiger partial charge < -0.3 is 10.8 Å². The average molecular weight is 444 g/mol. The zero-order valence-corrected chi connectivity index (χ0v) is 17.7. The summed E-state index contributed by atoms with van der Waals surface area (Å²) in [7, 11) is 0. The van der Waals surface area contributed by atoms with Crippen LogP contribution in [0.5, 0.6) is 0 Å². The van der Waals surface area contributed by atoms with Crippen LogP contribution in [0.15, 0.2) is 69.8 Å². The fraction of sp³-hybridized carbons (Fsp3) is 0.125. The van der Waals surface area contributed by atoms with E-state index in [1.165, 1.54) is 30.3 Å². The second kappa shape index (κ2) is 9.62. The number of aromatic carboxylic acids is 1. The molecule has 1 aromatic heterocycles. The SMILES string of the molecule is CCn1c(=O)c(C(=O)/C(C#N)=C/c2ccc(C(=O)O)cc2)c(N)n(Cc2ccccc2)c1=O. The Morgan fingerprint density at radius 3 is 2.24 bits per heavy atom. The summed E-state index contributed by atoms with van der Waals surface area (Å²) in [5, 5.41) is 18.6. The van der Waals surface area contributed by atoms with Gasteiger partial charge in [0, 0.05) is 6.54 Å². The third-order valence-electron chi connectivity index (χ3n) is 5.03. The second-order valence-electron chi connectivity index (χ2n) is 7.09. The first-order valence-electron chi connectivity index (χ1n) is 9.95. The van der Waals surface area contributed by atoms with Gasteiger partial charge in [0.2, 0.25) is 5.78 Å². The predicted molar refractivity (Wildman–Crippen MR) is 122 cm³/mol. The number of nitrogen functional groups attached to an aromatic ring is 1. The summed E-state index contributed by atoms with van der Waals surface area (Å²) in [6.07, 6.45) is 1.23. The topological polar surface area (TPSA) is 148 Å². The second-order valence-corrected chi connectivity index (χ2v) is 7.09. The van der Waals surface area contributed by atoms with Crippen molar-refractivity contribution in [3.63, 3.8) is 0 Å². The van der Waals surface area contributed by atoms with Gasteiger partial charge in [-0.3, -0.25) is 18.7 Å². The fourth-order valence-electron chi connectivity index (χ4n) is 3.30. The molecule has 0 unspecified atom stereocenters. The third-order valence-corrected chi connectivity index (χ3v) is 5.03. The van der Waals surface area contributed by atoms with E-state index >= 15 is 0 Å². The van der Waals surface area contributed by atoms with Crippen LogP contribution in [0, 0.1) is 11.3 Å². The number of carbonyl (C=O) groups excluding carboxylic acids is 1. The molecule has 33 heavy (non-hydrogen) atoms. The van der Waals surface area contributed by atoms with E-state index < -0.39 is 28.6 Å². The summed E-state index contributed by atoms with van der Waals surface area (Å²) in [6, 6.07) is 16.2. The fourth-order valence-corrected chi connectivity index (χ4v) is 3.30. The van der Waals surface area contributed by atoms with Crippen molar-refractivity contribution in [2.75, 3.05) is 5.73 Å². The number of allylic oxidation sites excluding steroid dienone is 1. The number of benzene rings is 2. The van der Waals surface area contributed by atoms with Crippen LogP contribution in [0.2, 0.25) is 0 Å². The Kier molecular flexibility index (Phi) is 6.69. The number of carboxylic acid groups (broad SMARTS) is 1. The summed E-state index contributed by atoms with van der Waals surface area (Å²) >= 11 is 0. The van der Waals surface area contributed by atoms with Crippen LogP contribution in [0.1, 0.15) is 38.8 Å². The maximum Gasteiger partial charge on any atom is 0.335 e. The molecule has 0 aliphatic carbocycles. The summed E-state index contributed by atoms with van der Waals surface area (Å²) in [4.78, 5) is 50.0. The predicted octanol–water partition coefficient (Wildman–Crippen LogP) is 2.15. The van der Waals surface area contributed by atoms with Crippen molar-refractivity contribution >= 4 is 23.6 Å². The van der Waals surface area contributed by atoms with E-state index in [-0.39, 0.29) is 30.0 Å². The van der Waals surface area contributed by atoms with Gasteiger partial charge in [-0.15, -0.1) is 0 Å². The van der Waals surface area contributed by atoms with E-state index in [4.69, 9.17) is 10.8 Å². The van der Waals surface area contributed by atoms with Crippen molar-refractivity contribution in [1.29, 1.82) is 5.26 Å². The number of carboxylic acids is 1. The maximum absolute atomic E-state index is 13.2. The highest BCUT2D eigenvalue weighted by Crippen LogP contribution is 2.16.